The van der Waals surface area contributed by atoms with Crippen LogP contribution in [0.3, 0.4) is 0 Å². The van der Waals surface area contributed by atoms with Crippen molar-refractivity contribution >= 4 is 0 Å². The first-order valence-corrected chi connectivity index (χ1v) is 5.68. The molecule has 5 heteroatoms. The van der Waals surface area contributed by atoms with Gasteiger partial charge in [-0.25, -0.2) is 0 Å². The van der Waals surface area contributed by atoms with Crippen LogP contribution in [-0.4, -0.2) is 42.8 Å². The molecule has 90 valence electrons. The van der Waals surface area contributed by atoms with Gasteiger partial charge in [-0.15, -0.1) is 0 Å². The number of hydrogen-bond donors (Lipinski definition) is 1. The number of hydrogen-bond acceptors (Lipinski definition) is 5. The van der Waals surface area contributed by atoms with Crippen LogP contribution in [0, 0.1) is 0 Å². The van der Waals surface area contributed by atoms with Crippen LogP contribution in [0.25, 0.3) is 0 Å². The van der Waals surface area contributed by atoms with E-state index in [1.807, 2.05) is 6.07 Å². The van der Waals surface area contributed by atoms with E-state index in [-0.39, 0.29) is 0 Å². The Morgan fingerprint density at radius 1 is 1.69 bits per heavy atom. The molecule has 1 N–H and O–H groups in total. The molecule has 1 fully saturated rings. The van der Waals surface area contributed by atoms with Crippen molar-refractivity contribution in [1.82, 2.24) is 15.4 Å². The first-order valence-electron chi connectivity index (χ1n) is 5.68. The van der Waals surface area contributed by atoms with Gasteiger partial charge in [0.1, 0.15) is 6.61 Å². The smallest absolute Gasteiger partial charge is 0.162 e. The second kappa shape index (κ2) is 5.43. The number of ether oxygens (including phenoxy) is 1. The Morgan fingerprint density at radius 2 is 2.56 bits per heavy atom. The van der Waals surface area contributed by atoms with E-state index < -0.39 is 0 Å². The molecule has 2 heterocycles. The highest BCUT2D eigenvalue weighted by molar-refractivity contribution is 5.05. The summed E-state index contributed by atoms with van der Waals surface area (Å²) in [5.74, 6) is 0.792. The highest BCUT2D eigenvalue weighted by atomic mass is 16.5. The molecule has 5 nitrogen and oxygen atoms in total. The topological polar surface area (TPSA) is 50.5 Å². The van der Waals surface area contributed by atoms with Crippen molar-refractivity contribution in [3.63, 3.8) is 0 Å². The maximum atomic E-state index is 5.16. The van der Waals surface area contributed by atoms with E-state index in [9.17, 15) is 0 Å². The van der Waals surface area contributed by atoms with Crippen molar-refractivity contribution in [2.45, 2.75) is 26.1 Å². The second-order valence-electron chi connectivity index (χ2n) is 4.24. The molecule has 0 radical (unpaired) electrons. The zero-order valence-electron chi connectivity index (χ0n) is 9.90. The summed E-state index contributed by atoms with van der Waals surface area (Å²) >= 11 is 0. The summed E-state index contributed by atoms with van der Waals surface area (Å²) in [6.45, 7) is 6.73. The van der Waals surface area contributed by atoms with Gasteiger partial charge in [0, 0.05) is 45.4 Å². The third-order valence-electron chi connectivity index (χ3n) is 2.90. The lowest BCUT2D eigenvalue weighted by Gasteiger charge is -2.33. The van der Waals surface area contributed by atoms with Gasteiger partial charge in [0.2, 0.25) is 0 Å². The summed E-state index contributed by atoms with van der Waals surface area (Å²) in [7, 11) is 1.65. The lowest BCUT2D eigenvalue weighted by Crippen LogP contribution is -2.49. The number of methoxy groups -OCH3 is 1. The molecule has 1 aromatic heterocycles. The van der Waals surface area contributed by atoms with E-state index in [0.717, 1.165) is 37.6 Å². The van der Waals surface area contributed by atoms with E-state index in [2.05, 4.69) is 22.3 Å². The van der Waals surface area contributed by atoms with Crippen molar-refractivity contribution in [3.05, 3.63) is 17.5 Å². The molecular weight excluding hydrogens is 206 g/mol. The summed E-state index contributed by atoms with van der Waals surface area (Å²) in [4.78, 5) is 2.41. The summed E-state index contributed by atoms with van der Waals surface area (Å²) in [6.07, 6.45) is 0. The molecule has 0 amide bonds. The third kappa shape index (κ3) is 2.81. The number of rotatable bonds is 4. The molecule has 1 atom stereocenters. The fraction of sp³-hybridized carbons (Fsp3) is 0.727. The Bertz CT molecular complexity index is 327. The maximum absolute atomic E-state index is 5.16. The monoisotopic (exact) mass is 225 g/mol. The lowest BCUT2D eigenvalue weighted by molar-refractivity contribution is 0.152. The molecule has 0 aliphatic carbocycles. The molecule has 16 heavy (non-hydrogen) atoms. The van der Waals surface area contributed by atoms with Gasteiger partial charge in [-0.3, -0.25) is 4.90 Å². The lowest BCUT2D eigenvalue weighted by atomic mass is 10.2. The molecule has 0 bridgehead atoms. The van der Waals surface area contributed by atoms with E-state index in [4.69, 9.17) is 9.26 Å². The van der Waals surface area contributed by atoms with Crippen LogP contribution in [0.1, 0.15) is 18.4 Å². The van der Waals surface area contributed by atoms with Gasteiger partial charge in [0.05, 0.1) is 5.69 Å². The molecule has 0 saturated carbocycles. The summed E-state index contributed by atoms with van der Waals surface area (Å²) in [5.41, 5.74) is 0.987. The highest BCUT2D eigenvalue weighted by Crippen LogP contribution is 2.11. The standard InChI is InChI=1S/C11H19N3O2/c1-9-6-12-3-4-14(9)7-10-5-11(8-15-2)16-13-10/h5,9,12H,3-4,6-8H2,1-2H3/t9-/m0/s1. The molecule has 1 saturated heterocycles. The Morgan fingerprint density at radius 3 is 3.31 bits per heavy atom. The van der Waals surface area contributed by atoms with Crippen LogP contribution in [0.5, 0.6) is 0 Å². The molecular formula is C11H19N3O2. The predicted octanol–water partition coefficient (Wildman–Crippen LogP) is 0.615. The van der Waals surface area contributed by atoms with E-state index in [1.54, 1.807) is 7.11 Å². The molecule has 0 spiro atoms. The number of aromatic nitrogens is 1. The first kappa shape index (κ1) is 11.6. The Labute approximate surface area is 95.7 Å². The highest BCUT2D eigenvalue weighted by Gasteiger charge is 2.19. The largest absolute Gasteiger partial charge is 0.377 e. The van der Waals surface area contributed by atoms with Gasteiger partial charge >= 0.3 is 0 Å². The minimum Gasteiger partial charge on any atom is -0.377 e. The van der Waals surface area contributed by atoms with Crippen molar-refractivity contribution < 1.29 is 9.26 Å². The third-order valence-corrected chi connectivity index (χ3v) is 2.90. The van der Waals surface area contributed by atoms with Crippen LogP contribution in [0.15, 0.2) is 10.6 Å². The van der Waals surface area contributed by atoms with Gasteiger partial charge in [-0.2, -0.15) is 0 Å². The van der Waals surface area contributed by atoms with Crippen LogP contribution >= 0.6 is 0 Å². The minimum absolute atomic E-state index is 0.490. The van der Waals surface area contributed by atoms with Crippen molar-refractivity contribution in [2.24, 2.45) is 0 Å². The molecule has 1 aliphatic rings. The van der Waals surface area contributed by atoms with Gasteiger partial charge in [-0.05, 0) is 6.92 Å². The zero-order valence-corrected chi connectivity index (χ0v) is 9.90. The minimum atomic E-state index is 0.490. The fourth-order valence-corrected chi connectivity index (χ4v) is 1.97. The van der Waals surface area contributed by atoms with E-state index in [1.165, 1.54) is 0 Å². The molecule has 2 rings (SSSR count). The van der Waals surface area contributed by atoms with Gasteiger partial charge in [-0.1, -0.05) is 5.16 Å². The summed E-state index contributed by atoms with van der Waals surface area (Å²) in [5, 5.41) is 7.42. The molecule has 0 unspecified atom stereocenters. The van der Waals surface area contributed by atoms with E-state index in [0.29, 0.717) is 12.6 Å². The number of nitrogens with zero attached hydrogens (tertiary/aromatic N) is 2. The fourth-order valence-electron chi connectivity index (χ4n) is 1.97. The predicted molar refractivity (Wildman–Crippen MR) is 60.0 cm³/mol. The molecule has 1 aromatic rings. The Hall–Kier alpha value is -0.910. The Kier molecular flexibility index (Phi) is 3.93. The van der Waals surface area contributed by atoms with Gasteiger partial charge < -0.3 is 14.6 Å². The SMILES string of the molecule is COCc1cc(CN2CCNC[C@@H]2C)no1. The number of piperazine rings is 1. The average Bonchev–Trinajstić information content (AvgIpc) is 2.70. The van der Waals surface area contributed by atoms with E-state index >= 15 is 0 Å². The quantitative estimate of drug-likeness (QED) is 0.814. The normalized spacial score (nSPS) is 22.5. The summed E-state index contributed by atoms with van der Waals surface area (Å²) < 4.78 is 10.2. The molecule has 1 aliphatic heterocycles. The first-order chi connectivity index (χ1) is 7.79. The number of nitrogens with one attached hydrogen (secondary N) is 1. The van der Waals surface area contributed by atoms with Crippen molar-refractivity contribution in [3.8, 4) is 0 Å². The second-order valence-corrected chi connectivity index (χ2v) is 4.24. The van der Waals surface area contributed by atoms with Gasteiger partial charge in [0.25, 0.3) is 0 Å². The van der Waals surface area contributed by atoms with Crippen LogP contribution in [-0.2, 0) is 17.9 Å². The molecule has 0 aromatic carbocycles. The van der Waals surface area contributed by atoms with Crippen molar-refractivity contribution in [2.75, 3.05) is 26.7 Å². The van der Waals surface area contributed by atoms with Crippen molar-refractivity contribution in [1.29, 1.82) is 0 Å². The van der Waals surface area contributed by atoms with Crippen LogP contribution in [0.2, 0.25) is 0 Å². The summed E-state index contributed by atoms with van der Waals surface area (Å²) in [6, 6.07) is 2.52. The zero-order chi connectivity index (χ0) is 11.4. The maximum Gasteiger partial charge on any atom is 0.162 e. The van der Waals surface area contributed by atoms with Gasteiger partial charge in [0.15, 0.2) is 5.76 Å². The van der Waals surface area contributed by atoms with Crippen LogP contribution in [0.4, 0.5) is 0 Å². The van der Waals surface area contributed by atoms with Crippen LogP contribution < -0.4 is 5.32 Å². The Balaban J connectivity index is 1.91. The average molecular weight is 225 g/mol.